The van der Waals surface area contributed by atoms with Gasteiger partial charge < -0.3 is 4.74 Å². The standard InChI is InChI=1S/C8H10N2O2/c1-6(11)5-7-3-4-9-8(10-7)12-2/h3-4H,5H2,1-2H3. The van der Waals surface area contributed by atoms with Crippen molar-refractivity contribution >= 4 is 5.78 Å². The Morgan fingerprint density at radius 1 is 1.67 bits per heavy atom. The van der Waals surface area contributed by atoms with Crippen LogP contribution in [0.5, 0.6) is 6.01 Å². The minimum Gasteiger partial charge on any atom is -0.467 e. The number of Topliss-reactive ketones (excluding diaryl/α,β-unsaturated/α-hetero) is 1. The minimum atomic E-state index is 0.0794. The van der Waals surface area contributed by atoms with E-state index in [1.807, 2.05) is 0 Å². The third-order valence-electron chi connectivity index (χ3n) is 1.30. The quantitative estimate of drug-likeness (QED) is 0.660. The summed E-state index contributed by atoms with van der Waals surface area (Å²) in [4.78, 5) is 18.5. The van der Waals surface area contributed by atoms with Gasteiger partial charge in [0.05, 0.1) is 12.8 Å². The fraction of sp³-hybridized carbons (Fsp3) is 0.375. The molecule has 0 aliphatic heterocycles. The summed E-state index contributed by atoms with van der Waals surface area (Å²) >= 11 is 0. The molecule has 0 spiro atoms. The summed E-state index contributed by atoms with van der Waals surface area (Å²) < 4.78 is 4.80. The molecule has 12 heavy (non-hydrogen) atoms. The second-order valence-corrected chi connectivity index (χ2v) is 2.41. The third kappa shape index (κ3) is 2.30. The summed E-state index contributed by atoms with van der Waals surface area (Å²) in [6, 6.07) is 2.00. The monoisotopic (exact) mass is 166 g/mol. The SMILES string of the molecule is COc1nccc(CC(C)=O)n1. The molecule has 0 bridgehead atoms. The molecule has 0 fully saturated rings. The zero-order chi connectivity index (χ0) is 8.97. The zero-order valence-electron chi connectivity index (χ0n) is 7.07. The Balaban J connectivity index is 2.79. The van der Waals surface area contributed by atoms with Crippen molar-refractivity contribution < 1.29 is 9.53 Å². The van der Waals surface area contributed by atoms with Crippen LogP contribution in [0.15, 0.2) is 12.3 Å². The van der Waals surface area contributed by atoms with E-state index in [4.69, 9.17) is 4.74 Å². The summed E-state index contributed by atoms with van der Waals surface area (Å²) in [5.41, 5.74) is 0.689. The summed E-state index contributed by atoms with van der Waals surface area (Å²) in [5.74, 6) is 0.0794. The summed E-state index contributed by atoms with van der Waals surface area (Å²) in [6.07, 6.45) is 1.91. The first-order valence-corrected chi connectivity index (χ1v) is 3.57. The molecule has 0 saturated carbocycles. The number of hydrogen-bond acceptors (Lipinski definition) is 4. The Hall–Kier alpha value is -1.45. The predicted octanol–water partition coefficient (Wildman–Crippen LogP) is 0.617. The average Bonchev–Trinajstić information content (AvgIpc) is 2.03. The van der Waals surface area contributed by atoms with Gasteiger partial charge in [0.25, 0.3) is 0 Å². The number of aromatic nitrogens is 2. The molecule has 1 heterocycles. The molecule has 4 nitrogen and oxygen atoms in total. The highest BCUT2D eigenvalue weighted by Crippen LogP contribution is 2.02. The maximum Gasteiger partial charge on any atom is 0.316 e. The second-order valence-electron chi connectivity index (χ2n) is 2.41. The fourth-order valence-corrected chi connectivity index (χ4v) is 0.828. The number of methoxy groups -OCH3 is 1. The number of ketones is 1. The normalized spacial score (nSPS) is 9.50. The van der Waals surface area contributed by atoms with Crippen LogP contribution in [0.2, 0.25) is 0 Å². The fourth-order valence-electron chi connectivity index (χ4n) is 0.828. The first-order valence-electron chi connectivity index (χ1n) is 3.57. The Kier molecular flexibility index (Phi) is 2.74. The number of hydrogen-bond donors (Lipinski definition) is 0. The van der Waals surface area contributed by atoms with Crippen LogP contribution < -0.4 is 4.74 Å². The van der Waals surface area contributed by atoms with Crippen LogP contribution in [0.25, 0.3) is 0 Å². The molecule has 0 atom stereocenters. The molecule has 0 aliphatic carbocycles. The molecule has 0 unspecified atom stereocenters. The van der Waals surface area contributed by atoms with Gasteiger partial charge in [-0.25, -0.2) is 4.98 Å². The first kappa shape index (κ1) is 8.64. The number of carbonyl (C=O) groups is 1. The lowest BCUT2D eigenvalue weighted by molar-refractivity contribution is -0.116. The van der Waals surface area contributed by atoms with Crippen LogP contribution in [-0.2, 0) is 11.2 Å². The molecule has 1 rings (SSSR count). The topological polar surface area (TPSA) is 52.1 Å². The molecule has 0 aliphatic rings. The zero-order valence-corrected chi connectivity index (χ0v) is 7.07. The van der Waals surface area contributed by atoms with E-state index in [1.54, 1.807) is 12.3 Å². The summed E-state index contributed by atoms with van der Waals surface area (Å²) in [6.45, 7) is 1.52. The van der Waals surface area contributed by atoms with Gasteiger partial charge in [-0.1, -0.05) is 0 Å². The van der Waals surface area contributed by atoms with E-state index < -0.39 is 0 Å². The molecule has 1 aromatic heterocycles. The van der Waals surface area contributed by atoms with Crippen molar-refractivity contribution in [2.45, 2.75) is 13.3 Å². The largest absolute Gasteiger partial charge is 0.467 e. The molecule has 0 amide bonds. The molecule has 1 aromatic rings. The van der Waals surface area contributed by atoms with E-state index in [0.29, 0.717) is 18.1 Å². The van der Waals surface area contributed by atoms with Crippen molar-refractivity contribution in [3.8, 4) is 6.01 Å². The van der Waals surface area contributed by atoms with Crippen LogP contribution >= 0.6 is 0 Å². The summed E-state index contributed by atoms with van der Waals surface area (Å²) in [7, 11) is 1.49. The van der Waals surface area contributed by atoms with E-state index in [9.17, 15) is 4.79 Å². The van der Waals surface area contributed by atoms with Crippen molar-refractivity contribution in [3.63, 3.8) is 0 Å². The minimum absolute atomic E-state index is 0.0794. The molecular formula is C8H10N2O2. The lowest BCUT2D eigenvalue weighted by Gasteiger charge is -1.99. The van der Waals surface area contributed by atoms with Gasteiger partial charge in [0.15, 0.2) is 0 Å². The molecule has 0 aromatic carbocycles. The first-order chi connectivity index (χ1) is 5.72. The summed E-state index contributed by atoms with van der Waals surface area (Å²) in [5, 5.41) is 0. The predicted molar refractivity (Wildman–Crippen MR) is 43.0 cm³/mol. The number of rotatable bonds is 3. The van der Waals surface area contributed by atoms with E-state index in [-0.39, 0.29) is 5.78 Å². The average molecular weight is 166 g/mol. The van der Waals surface area contributed by atoms with Gasteiger partial charge in [-0.15, -0.1) is 0 Å². The van der Waals surface area contributed by atoms with Crippen LogP contribution in [0.4, 0.5) is 0 Å². The highest BCUT2D eigenvalue weighted by molar-refractivity contribution is 5.77. The van der Waals surface area contributed by atoms with Crippen LogP contribution in [0.3, 0.4) is 0 Å². The Labute approximate surface area is 70.6 Å². The van der Waals surface area contributed by atoms with E-state index in [0.717, 1.165) is 0 Å². The smallest absolute Gasteiger partial charge is 0.316 e. The van der Waals surface area contributed by atoms with Crippen LogP contribution in [0.1, 0.15) is 12.6 Å². The maximum absolute atomic E-state index is 10.7. The van der Waals surface area contributed by atoms with Crippen molar-refractivity contribution in [1.82, 2.24) is 9.97 Å². The van der Waals surface area contributed by atoms with E-state index in [1.165, 1.54) is 14.0 Å². The van der Waals surface area contributed by atoms with Gasteiger partial charge in [0.2, 0.25) is 0 Å². The van der Waals surface area contributed by atoms with E-state index in [2.05, 4.69) is 9.97 Å². The van der Waals surface area contributed by atoms with Crippen molar-refractivity contribution in [3.05, 3.63) is 18.0 Å². The molecule has 0 radical (unpaired) electrons. The Morgan fingerprint density at radius 2 is 2.42 bits per heavy atom. The van der Waals surface area contributed by atoms with Crippen LogP contribution in [-0.4, -0.2) is 22.9 Å². The van der Waals surface area contributed by atoms with Crippen molar-refractivity contribution in [1.29, 1.82) is 0 Å². The highest BCUT2D eigenvalue weighted by atomic mass is 16.5. The Bertz CT molecular complexity index is 286. The third-order valence-corrected chi connectivity index (χ3v) is 1.30. The van der Waals surface area contributed by atoms with Gasteiger partial charge in [0, 0.05) is 12.6 Å². The van der Waals surface area contributed by atoms with E-state index >= 15 is 0 Å². The van der Waals surface area contributed by atoms with Gasteiger partial charge in [-0.05, 0) is 13.0 Å². The van der Waals surface area contributed by atoms with Crippen molar-refractivity contribution in [2.75, 3.05) is 7.11 Å². The lowest BCUT2D eigenvalue weighted by Crippen LogP contribution is -2.01. The molecule has 4 heteroatoms. The lowest BCUT2D eigenvalue weighted by atomic mass is 10.2. The number of carbonyl (C=O) groups excluding carboxylic acids is 1. The Morgan fingerprint density at radius 3 is 3.00 bits per heavy atom. The number of nitrogens with zero attached hydrogens (tertiary/aromatic N) is 2. The van der Waals surface area contributed by atoms with Gasteiger partial charge in [-0.3, -0.25) is 4.79 Å². The van der Waals surface area contributed by atoms with Gasteiger partial charge in [-0.2, -0.15) is 4.98 Å². The number of ether oxygens (including phenoxy) is 1. The molecule has 64 valence electrons. The second kappa shape index (κ2) is 3.80. The molecular weight excluding hydrogens is 156 g/mol. The molecule has 0 saturated heterocycles. The van der Waals surface area contributed by atoms with Crippen molar-refractivity contribution in [2.24, 2.45) is 0 Å². The maximum atomic E-state index is 10.7. The van der Waals surface area contributed by atoms with Crippen LogP contribution in [0, 0.1) is 0 Å². The highest BCUT2D eigenvalue weighted by Gasteiger charge is 2.00. The molecule has 0 N–H and O–H groups in total. The van der Waals surface area contributed by atoms with Gasteiger partial charge in [0.1, 0.15) is 5.78 Å². The van der Waals surface area contributed by atoms with Gasteiger partial charge >= 0.3 is 6.01 Å².